The van der Waals surface area contributed by atoms with Gasteiger partial charge >= 0.3 is 0 Å². The molecule has 0 saturated heterocycles. The molecule has 1 atom stereocenters. The molecular formula is C11H26O2Si. The lowest BCUT2D eigenvalue weighted by Gasteiger charge is -2.36. The van der Waals surface area contributed by atoms with E-state index in [-0.39, 0.29) is 11.1 Å². The van der Waals surface area contributed by atoms with Gasteiger partial charge in [0.05, 0.1) is 6.10 Å². The Morgan fingerprint density at radius 3 is 2.14 bits per heavy atom. The zero-order valence-electron chi connectivity index (χ0n) is 10.6. The van der Waals surface area contributed by atoms with Crippen molar-refractivity contribution in [2.24, 2.45) is 0 Å². The van der Waals surface area contributed by atoms with Crippen LogP contribution < -0.4 is 0 Å². The first-order chi connectivity index (χ1) is 6.20. The molecule has 3 heteroatoms. The Balaban J connectivity index is 3.89. The van der Waals surface area contributed by atoms with Gasteiger partial charge in [0, 0.05) is 6.61 Å². The van der Waals surface area contributed by atoms with Crippen molar-refractivity contribution in [1.29, 1.82) is 0 Å². The van der Waals surface area contributed by atoms with Crippen LogP contribution in [0.25, 0.3) is 0 Å². The molecule has 0 unspecified atom stereocenters. The summed E-state index contributed by atoms with van der Waals surface area (Å²) in [6.07, 6.45) is 1.39. The van der Waals surface area contributed by atoms with E-state index in [4.69, 9.17) is 4.43 Å². The van der Waals surface area contributed by atoms with Crippen molar-refractivity contribution < 1.29 is 9.53 Å². The second kappa shape index (κ2) is 5.28. The zero-order chi connectivity index (χ0) is 11.4. The maximum atomic E-state index is 9.39. The molecule has 0 aromatic rings. The van der Waals surface area contributed by atoms with Crippen LogP contribution in [0.15, 0.2) is 0 Å². The predicted molar refractivity (Wildman–Crippen MR) is 64.1 cm³/mol. The molecule has 0 aliphatic carbocycles. The van der Waals surface area contributed by atoms with Crippen molar-refractivity contribution in [1.82, 2.24) is 0 Å². The standard InChI is InChI=1S/C11H26O2Si/c1-7-10(12)8-9-13-14(5,6)11(2,3)4/h10,12H,7-9H2,1-6H3/t10-/m0/s1. The molecule has 0 rings (SSSR count). The molecule has 86 valence electrons. The third kappa shape index (κ3) is 4.58. The largest absolute Gasteiger partial charge is 0.417 e. The summed E-state index contributed by atoms with van der Waals surface area (Å²) in [6.45, 7) is 13.9. The minimum Gasteiger partial charge on any atom is -0.417 e. The molecule has 0 spiro atoms. The molecule has 0 radical (unpaired) electrons. The van der Waals surface area contributed by atoms with E-state index in [1.807, 2.05) is 6.92 Å². The van der Waals surface area contributed by atoms with Gasteiger partial charge in [-0.05, 0) is 31.0 Å². The fourth-order valence-corrected chi connectivity index (χ4v) is 1.93. The van der Waals surface area contributed by atoms with Gasteiger partial charge in [-0.15, -0.1) is 0 Å². The van der Waals surface area contributed by atoms with Crippen LogP contribution in [0.5, 0.6) is 0 Å². The summed E-state index contributed by atoms with van der Waals surface area (Å²) in [7, 11) is -1.60. The van der Waals surface area contributed by atoms with Gasteiger partial charge in [-0.25, -0.2) is 0 Å². The van der Waals surface area contributed by atoms with Crippen LogP contribution in [0.1, 0.15) is 40.5 Å². The van der Waals surface area contributed by atoms with Gasteiger partial charge in [0.2, 0.25) is 0 Å². The molecular weight excluding hydrogens is 192 g/mol. The number of aliphatic hydroxyl groups is 1. The fraction of sp³-hybridized carbons (Fsp3) is 1.00. The van der Waals surface area contributed by atoms with Crippen molar-refractivity contribution in [3.05, 3.63) is 0 Å². The maximum absolute atomic E-state index is 9.39. The summed E-state index contributed by atoms with van der Waals surface area (Å²) in [5, 5.41) is 9.66. The summed E-state index contributed by atoms with van der Waals surface area (Å²) in [4.78, 5) is 0. The third-order valence-corrected chi connectivity index (χ3v) is 7.73. The Morgan fingerprint density at radius 1 is 1.29 bits per heavy atom. The highest BCUT2D eigenvalue weighted by Crippen LogP contribution is 2.36. The minimum atomic E-state index is -1.60. The Morgan fingerprint density at radius 2 is 1.79 bits per heavy atom. The molecule has 0 saturated carbocycles. The van der Waals surface area contributed by atoms with Gasteiger partial charge in [0.25, 0.3) is 0 Å². The van der Waals surface area contributed by atoms with Crippen LogP contribution in [0.3, 0.4) is 0 Å². The van der Waals surface area contributed by atoms with Crippen LogP contribution in [0, 0.1) is 0 Å². The van der Waals surface area contributed by atoms with Crippen molar-refractivity contribution in [3.8, 4) is 0 Å². The van der Waals surface area contributed by atoms with Gasteiger partial charge in [-0.1, -0.05) is 27.7 Å². The predicted octanol–water partition coefficient (Wildman–Crippen LogP) is 3.17. The molecule has 0 aliphatic rings. The van der Waals surface area contributed by atoms with Gasteiger partial charge < -0.3 is 9.53 Å². The first kappa shape index (κ1) is 14.1. The summed E-state index contributed by atoms with van der Waals surface area (Å²) >= 11 is 0. The fourth-order valence-electron chi connectivity index (χ4n) is 0.871. The normalized spacial score (nSPS) is 15.6. The molecule has 0 aromatic carbocycles. The summed E-state index contributed by atoms with van der Waals surface area (Å²) in [6, 6.07) is 0. The van der Waals surface area contributed by atoms with Crippen LogP contribution in [-0.4, -0.2) is 26.1 Å². The lowest BCUT2D eigenvalue weighted by atomic mass is 10.2. The monoisotopic (exact) mass is 218 g/mol. The van der Waals surface area contributed by atoms with Crippen LogP contribution in [0.4, 0.5) is 0 Å². The first-order valence-corrected chi connectivity index (χ1v) is 8.43. The number of hydrogen-bond acceptors (Lipinski definition) is 2. The Bertz CT molecular complexity index is 161. The van der Waals surface area contributed by atoms with Crippen LogP contribution >= 0.6 is 0 Å². The third-order valence-electron chi connectivity index (χ3n) is 3.19. The average molecular weight is 218 g/mol. The zero-order valence-corrected chi connectivity index (χ0v) is 11.6. The van der Waals surface area contributed by atoms with Crippen LogP contribution in [0.2, 0.25) is 18.1 Å². The highest BCUT2D eigenvalue weighted by Gasteiger charge is 2.36. The van der Waals surface area contributed by atoms with E-state index in [0.29, 0.717) is 6.61 Å². The SMILES string of the molecule is CC[C@H](O)CCO[Si](C)(C)C(C)(C)C. The molecule has 0 aliphatic heterocycles. The quantitative estimate of drug-likeness (QED) is 0.718. The van der Waals surface area contributed by atoms with Crippen LogP contribution in [-0.2, 0) is 4.43 Å². The van der Waals surface area contributed by atoms with Gasteiger partial charge in [-0.2, -0.15) is 0 Å². The van der Waals surface area contributed by atoms with E-state index in [1.54, 1.807) is 0 Å². The number of aliphatic hydroxyl groups excluding tert-OH is 1. The second-order valence-electron chi connectivity index (χ2n) is 5.46. The molecule has 1 N–H and O–H groups in total. The number of hydrogen-bond donors (Lipinski definition) is 1. The lowest BCUT2D eigenvalue weighted by molar-refractivity contribution is 0.131. The molecule has 0 fully saturated rings. The molecule has 0 heterocycles. The Hall–Kier alpha value is 0.137. The van der Waals surface area contributed by atoms with Gasteiger partial charge in [0.15, 0.2) is 8.32 Å². The highest BCUT2D eigenvalue weighted by atomic mass is 28.4. The Kier molecular flexibility index (Phi) is 5.34. The number of rotatable bonds is 5. The molecule has 0 aromatic heterocycles. The van der Waals surface area contributed by atoms with Gasteiger partial charge in [-0.3, -0.25) is 0 Å². The van der Waals surface area contributed by atoms with Crippen molar-refractivity contribution in [2.75, 3.05) is 6.61 Å². The summed E-state index contributed by atoms with van der Waals surface area (Å²) < 4.78 is 5.95. The molecule has 0 amide bonds. The van der Waals surface area contributed by atoms with Crippen molar-refractivity contribution in [3.63, 3.8) is 0 Å². The molecule has 2 nitrogen and oxygen atoms in total. The van der Waals surface area contributed by atoms with Crippen molar-refractivity contribution in [2.45, 2.75) is 64.8 Å². The van der Waals surface area contributed by atoms with Gasteiger partial charge in [0.1, 0.15) is 0 Å². The maximum Gasteiger partial charge on any atom is 0.191 e. The first-order valence-electron chi connectivity index (χ1n) is 5.52. The van der Waals surface area contributed by atoms with E-state index in [1.165, 1.54) is 0 Å². The summed E-state index contributed by atoms with van der Waals surface area (Å²) in [5.74, 6) is 0. The minimum absolute atomic E-state index is 0.195. The highest BCUT2D eigenvalue weighted by molar-refractivity contribution is 6.74. The molecule has 14 heavy (non-hydrogen) atoms. The Labute approximate surface area is 89.8 Å². The summed E-state index contributed by atoms with van der Waals surface area (Å²) in [5.41, 5.74) is 0. The van der Waals surface area contributed by atoms with Crippen molar-refractivity contribution >= 4 is 8.32 Å². The lowest BCUT2D eigenvalue weighted by Crippen LogP contribution is -2.41. The average Bonchev–Trinajstić information content (AvgIpc) is 2.01. The second-order valence-corrected chi connectivity index (χ2v) is 10.3. The van der Waals surface area contributed by atoms with E-state index in [0.717, 1.165) is 12.8 Å². The topological polar surface area (TPSA) is 29.5 Å². The van der Waals surface area contributed by atoms with E-state index in [9.17, 15) is 5.11 Å². The molecule has 0 bridgehead atoms. The van der Waals surface area contributed by atoms with E-state index in [2.05, 4.69) is 33.9 Å². The van der Waals surface area contributed by atoms with E-state index >= 15 is 0 Å². The van der Waals surface area contributed by atoms with E-state index < -0.39 is 8.32 Å². The smallest absolute Gasteiger partial charge is 0.191 e.